The van der Waals surface area contributed by atoms with Gasteiger partial charge in [0.1, 0.15) is 0 Å². The van der Waals surface area contributed by atoms with Crippen LogP contribution in [0.15, 0.2) is 59.7 Å². The number of hydrazone groups is 1. The molecular weight excluding hydrogens is 417 g/mol. The summed E-state index contributed by atoms with van der Waals surface area (Å²) in [6, 6.07) is 17.0. The van der Waals surface area contributed by atoms with Gasteiger partial charge in [-0.25, -0.2) is 5.43 Å². The Hall–Kier alpha value is -2.22. The van der Waals surface area contributed by atoms with Crippen LogP contribution in [0.3, 0.4) is 0 Å². The minimum atomic E-state index is -0.289. The van der Waals surface area contributed by atoms with Crippen LogP contribution in [0.25, 0.3) is 0 Å². The van der Waals surface area contributed by atoms with Crippen molar-refractivity contribution < 1.29 is 9.59 Å². The SMILES string of the molecule is CC(=NNC(=O)CCC(=O)Nc1ccc(I)cc1)c1ccccc1. The molecule has 0 radical (unpaired) electrons. The summed E-state index contributed by atoms with van der Waals surface area (Å²) in [6.45, 7) is 1.82. The first-order valence-electron chi connectivity index (χ1n) is 7.48. The van der Waals surface area contributed by atoms with Crippen LogP contribution < -0.4 is 10.7 Å². The number of nitrogens with one attached hydrogen (secondary N) is 2. The van der Waals surface area contributed by atoms with Crippen LogP contribution in [0.1, 0.15) is 25.3 Å². The van der Waals surface area contributed by atoms with Crippen LogP contribution in [0.2, 0.25) is 0 Å². The summed E-state index contributed by atoms with van der Waals surface area (Å²) >= 11 is 2.20. The van der Waals surface area contributed by atoms with Gasteiger partial charge in [0.25, 0.3) is 0 Å². The van der Waals surface area contributed by atoms with Crippen molar-refractivity contribution in [2.75, 3.05) is 5.32 Å². The Bertz CT molecular complexity index is 728. The van der Waals surface area contributed by atoms with Crippen LogP contribution in [-0.4, -0.2) is 17.5 Å². The maximum atomic E-state index is 11.8. The summed E-state index contributed by atoms with van der Waals surface area (Å²) in [7, 11) is 0. The number of hydrogen-bond acceptors (Lipinski definition) is 3. The number of amides is 2. The van der Waals surface area contributed by atoms with Crippen molar-refractivity contribution in [2.24, 2.45) is 5.10 Å². The lowest BCUT2D eigenvalue weighted by atomic mass is 10.1. The largest absolute Gasteiger partial charge is 0.326 e. The van der Waals surface area contributed by atoms with E-state index in [0.717, 1.165) is 14.8 Å². The molecule has 0 aromatic heterocycles. The van der Waals surface area contributed by atoms with E-state index >= 15 is 0 Å². The van der Waals surface area contributed by atoms with Gasteiger partial charge in [-0.05, 0) is 59.3 Å². The lowest BCUT2D eigenvalue weighted by molar-refractivity contribution is -0.124. The maximum Gasteiger partial charge on any atom is 0.240 e. The first kappa shape index (κ1) is 18.1. The summed E-state index contributed by atoms with van der Waals surface area (Å²) in [5.74, 6) is -0.488. The molecule has 6 heteroatoms. The molecule has 2 aromatic carbocycles. The molecule has 0 spiro atoms. The first-order chi connectivity index (χ1) is 11.5. The van der Waals surface area contributed by atoms with Crippen LogP contribution in [0, 0.1) is 3.57 Å². The molecule has 0 aliphatic carbocycles. The molecule has 0 fully saturated rings. The molecule has 0 saturated heterocycles. The summed E-state index contributed by atoms with van der Waals surface area (Å²) < 4.78 is 1.09. The van der Waals surface area contributed by atoms with Crippen molar-refractivity contribution in [3.8, 4) is 0 Å². The van der Waals surface area contributed by atoms with Crippen molar-refractivity contribution in [1.29, 1.82) is 0 Å². The predicted molar refractivity (Wildman–Crippen MR) is 104 cm³/mol. The smallest absolute Gasteiger partial charge is 0.240 e. The van der Waals surface area contributed by atoms with E-state index in [1.165, 1.54) is 0 Å². The zero-order valence-corrected chi connectivity index (χ0v) is 15.4. The molecule has 124 valence electrons. The molecule has 5 nitrogen and oxygen atoms in total. The van der Waals surface area contributed by atoms with E-state index in [9.17, 15) is 9.59 Å². The second-order valence-electron chi connectivity index (χ2n) is 5.15. The molecule has 2 N–H and O–H groups in total. The average Bonchev–Trinajstić information content (AvgIpc) is 2.60. The van der Waals surface area contributed by atoms with E-state index in [1.807, 2.05) is 61.5 Å². The first-order valence-corrected chi connectivity index (χ1v) is 8.56. The average molecular weight is 435 g/mol. The van der Waals surface area contributed by atoms with Gasteiger partial charge in [-0.2, -0.15) is 5.10 Å². The van der Waals surface area contributed by atoms with Crippen LogP contribution in [0.5, 0.6) is 0 Å². The van der Waals surface area contributed by atoms with Crippen LogP contribution >= 0.6 is 22.6 Å². The second kappa shape index (κ2) is 9.17. The minimum absolute atomic E-state index is 0.0851. The third-order valence-electron chi connectivity index (χ3n) is 3.25. The third-order valence-corrected chi connectivity index (χ3v) is 3.97. The Labute approximate surface area is 154 Å². The van der Waals surface area contributed by atoms with Gasteiger partial charge in [-0.15, -0.1) is 0 Å². The number of halogens is 1. The number of nitrogens with zero attached hydrogens (tertiary/aromatic N) is 1. The van der Waals surface area contributed by atoms with E-state index in [1.54, 1.807) is 0 Å². The summed E-state index contributed by atoms with van der Waals surface area (Å²) in [6.07, 6.45) is 0.194. The van der Waals surface area contributed by atoms with Crippen LogP contribution in [-0.2, 0) is 9.59 Å². The lowest BCUT2D eigenvalue weighted by Gasteiger charge is -2.05. The molecule has 0 saturated carbocycles. The maximum absolute atomic E-state index is 11.8. The summed E-state index contributed by atoms with van der Waals surface area (Å²) in [4.78, 5) is 23.6. The van der Waals surface area contributed by atoms with Gasteiger partial charge in [-0.1, -0.05) is 30.3 Å². The zero-order valence-electron chi connectivity index (χ0n) is 13.3. The summed E-state index contributed by atoms with van der Waals surface area (Å²) in [5.41, 5.74) is 4.85. The number of rotatable bonds is 6. The molecule has 0 heterocycles. The standard InChI is InChI=1S/C18H18IN3O2/c1-13(14-5-3-2-4-6-14)21-22-18(24)12-11-17(23)20-16-9-7-15(19)8-10-16/h2-10H,11-12H2,1H3,(H,20,23)(H,22,24). The number of hydrogen-bond donors (Lipinski definition) is 2. The highest BCUT2D eigenvalue weighted by Crippen LogP contribution is 2.11. The van der Waals surface area contributed by atoms with E-state index in [-0.39, 0.29) is 24.7 Å². The Morgan fingerprint density at radius 3 is 2.25 bits per heavy atom. The van der Waals surface area contributed by atoms with Crippen molar-refractivity contribution in [3.63, 3.8) is 0 Å². The number of benzene rings is 2. The Morgan fingerprint density at radius 2 is 1.58 bits per heavy atom. The highest BCUT2D eigenvalue weighted by Gasteiger charge is 2.07. The van der Waals surface area contributed by atoms with Gasteiger partial charge in [0, 0.05) is 22.1 Å². The Balaban J connectivity index is 1.76. The second-order valence-corrected chi connectivity index (χ2v) is 6.40. The highest BCUT2D eigenvalue weighted by molar-refractivity contribution is 14.1. The molecular formula is C18H18IN3O2. The molecule has 24 heavy (non-hydrogen) atoms. The van der Waals surface area contributed by atoms with Gasteiger partial charge in [0.2, 0.25) is 11.8 Å². The van der Waals surface area contributed by atoms with Crippen molar-refractivity contribution in [2.45, 2.75) is 19.8 Å². The molecule has 0 atom stereocenters. The molecule has 2 amide bonds. The molecule has 2 aromatic rings. The van der Waals surface area contributed by atoms with Crippen molar-refractivity contribution in [1.82, 2.24) is 5.43 Å². The normalized spacial score (nSPS) is 11.0. The molecule has 0 unspecified atom stereocenters. The quantitative estimate of drug-likeness (QED) is 0.414. The minimum Gasteiger partial charge on any atom is -0.326 e. The monoisotopic (exact) mass is 435 g/mol. The Morgan fingerprint density at radius 1 is 0.958 bits per heavy atom. The fourth-order valence-corrected chi connectivity index (χ4v) is 2.29. The summed E-state index contributed by atoms with van der Waals surface area (Å²) in [5, 5.41) is 6.81. The molecule has 2 rings (SSSR count). The third kappa shape index (κ3) is 6.11. The van der Waals surface area contributed by atoms with E-state index < -0.39 is 0 Å². The van der Waals surface area contributed by atoms with Gasteiger partial charge in [0.15, 0.2) is 0 Å². The number of carbonyl (C=O) groups is 2. The van der Waals surface area contributed by atoms with Gasteiger partial charge in [-0.3, -0.25) is 9.59 Å². The predicted octanol–water partition coefficient (Wildman–Crippen LogP) is 3.55. The fourth-order valence-electron chi connectivity index (χ4n) is 1.93. The van der Waals surface area contributed by atoms with Gasteiger partial charge >= 0.3 is 0 Å². The molecule has 0 aliphatic heterocycles. The number of carbonyl (C=O) groups excluding carboxylic acids is 2. The van der Waals surface area contributed by atoms with E-state index in [4.69, 9.17) is 0 Å². The van der Waals surface area contributed by atoms with Gasteiger partial charge < -0.3 is 5.32 Å². The van der Waals surface area contributed by atoms with Crippen molar-refractivity contribution in [3.05, 3.63) is 63.7 Å². The van der Waals surface area contributed by atoms with E-state index in [2.05, 4.69) is 38.4 Å². The fraction of sp³-hybridized carbons (Fsp3) is 0.167. The van der Waals surface area contributed by atoms with Gasteiger partial charge in [0.05, 0.1) is 5.71 Å². The van der Waals surface area contributed by atoms with Crippen molar-refractivity contribution >= 4 is 45.8 Å². The highest BCUT2D eigenvalue weighted by atomic mass is 127. The lowest BCUT2D eigenvalue weighted by Crippen LogP contribution is -2.21. The molecule has 0 bridgehead atoms. The van der Waals surface area contributed by atoms with Crippen LogP contribution in [0.4, 0.5) is 5.69 Å². The topological polar surface area (TPSA) is 70.6 Å². The van der Waals surface area contributed by atoms with E-state index in [0.29, 0.717) is 5.71 Å². The number of anilines is 1. The zero-order chi connectivity index (χ0) is 17.4. The molecule has 0 aliphatic rings. The Kier molecular flexibility index (Phi) is 6.92.